The van der Waals surface area contributed by atoms with Gasteiger partial charge in [0.2, 0.25) is 11.7 Å². The lowest BCUT2D eigenvalue weighted by molar-refractivity contribution is 0.354. The highest BCUT2D eigenvalue weighted by Gasteiger charge is 2.17. The number of aromatic amines is 1. The highest BCUT2D eigenvalue weighted by Crippen LogP contribution is 2.27. The van der Waals surface area contributed by atoms with Crippen molar-refractivity contribution in [3.05, 3.63) is 52.4 Å². The Bertz CT molecular complexity index is 741. The molecule has 108 valence electrons. The Morgan fingerprint density at radius 3 is 2.86 bits per heavy atom. The van der Waals surface area contributed by atoms with Gasteiger partial charge >= 0.3 is 0 Å². The molecule has 8 heteroatoms. The number of benzene rings is 1. The zero-order valence-electron chi connectivity index (χ0n) is 10.8. The van der Waals surface area contributed by atoms with Crippen LogP contribution in [0, 0.1) is 0 Å². The smallest absolute Gasteiger partial charge is 0.244 e. The topological polar surface area (TPSA) is 93.6 Å². The number of aromatic nitrogens is 4. The minimum atomic E-state index is -0.408. The molecule has 1 aromatic carbocycles. The summed E-state index contributed by atoms with van der Waals surface area (Å²) in [6, 6.07) is 4.72. The maximum Gasteiger partial charge on any atom is 0.244 e. The first kappa shape index (κ1) is 14.1. The SMILES string of the molecule is N[C@@H](Cc1cnc[nH]1)c1nc(-c2ccc(Cl)c(Cl)c2)no1. The quantitative estimate of drug-likeness (QED) is 0.769. The minimum Gasteiger partial charge on any atom is -0.348 e. The second-order valence-corrected chi connectivity index (χ2v) is 5.29. The monoisotopic (exact) mass is 323 g/mol. The minimum absolute atomic E-state index is 0.352. The van der Waals surface area contributed by atoms with Gasteiger partial charge in [-0.3, -0.25) is 0 Å². The average Bonchev–Trinajstić information content (AvgIpc) is 3.12. The van der Waals surface area contributed by atoms with Crippen LogP contribution in [0.1, 0.15) is 17.6 Å². The lowest BCUT2D eigenvalue weighted by Gasteiger charge is -2.03. The van der Waals surface area contributed by atoms with Crippen LogP contribution in [0.2, 0.25) is 10.0 Å². The number of hydrogen-bond donors (Lipinski definition) is 2. The fraction of sp³-hybridized carbons (Fsp3) is 0.154. The molecule has 0 unspecified atom stereocenters. The summed E-state index contributed by atoms with van der Waals surface area (Å²) in [5.74, 6) is 0.772. The van der Waals surface area contributed by atoms with Crippen molar-refractivity contribution in [2.24, 2.45) is 5.73 Å². The molecule has 0 spiro atoms. The molecule has 0 radical (unpaired) electrons. The number of nitrogens with zero attached hydrogens (tertiary/aromatic N) is 3. The Morgan fingerprint density at radius 2 is 2.14 bits per heavy atom. The summed E-state index contributed by atoms with van der Waals surface area (Å²) < 4.78 is 5.20. The zero-order chi connectivity index (χ0) is 14.8. The van der Waals surface area contributed by atoms with Gasteiger partial charge in [-0.05, 0) is 18.2 Å². The Hall–Kier alpha value is -1.89. The van der Waals surface area contributed by atoms with Crippen LogP contribution in [0.3, 0.4) is 0 Å². The van der Waals surface area contributed by atoms with E-state index in [9.17, 15) is 0 Å². The van der Waals surface area contributed by atoms with Crippen LogP contribution in [0.15, 0.2) is 35.2 Å². The molecule has 3 N–H and O–H groups in total. The van der Waals surface area contributed by atoms with E-state index in [1.165, 1.54) is 0 Å². The van der Waals surface area contributed by atoms with Crippen molar-refractivity contribution in [3.63, 3.8) is 0 Å². The number of imidazole rings is 1. The lowest BCUT2D eigenvalue weighted by atomic mass is 10.2. The fourth-order valence-corrected chi connectivity index (χ4v) is 2.16. The zero-order valence-corrected chi connectivity index (χ0v) is 12.3. The van der Waals surface area contributed by atoms with Crippen LogP contribution in [-0.2, 0) is 6.42 Å². The standard InChI is InChI=1S/C13H11Cl2N5O/c14-9-2-1-7(3-10(9)15)12-19-13(21-20-12)11(16)4-8-5-17-6-18-8/h1-3,5-6,11H,4,16H2,(H,17,18)/t11-/m0/s1. The van der Waals surface area contributed by atoms with Gasteiger partial charge in [0.1, 0.15) is 0 Å². The van der Waals surface area contributed by atoms with Crippen molar-refractivity contribution < 1.29 is 4.52 Å². The predicted molar refractivity (Wildman–Crippen MR) is 79.0 cm³/mol. The van der Waals surface area contributed by atoms with Crippen molar-refractivity contribution in [2.45, 2.75) is 12.5 Å². The first-order valence-electron chi connectivity index (χ1n) is 6.15. The molecule has 6 nitrogen and oxygen atoms in total. The molecule has 0 saturated carbocycles. The highest BCUT2D eigenvalue weighted by atomic mass is 35.5. The molecule has 0 aliphatic carbocycles. The molecule has 1 atom stereocenters. The maximum atomic E-state index is 6.04. The van der Waals surface area contributed by atoms with Gasteiger partial charge in [-0.15, -0.1) is 0 Å². The van der Waals surface area contributed by atoms with Crippen molar-refractivity contribution in [1.82, 2.24) is 20.1 Å². The van der Waals surface area contributed by atoms with Crippen molar-refractivity contribution in [3.8, 4) is 11.4 Å². The third-order valence-corrected chi connectivity index (χ3v) is 3.67. The number of nitrogens with one attached hydrogen (secondary N) is 1. The summed E-state index contributed by atoms with van der Waals surface area (Å²) in [6.07, 6.45) is 3.83. The molecule has 3 aromatic rings. The van der Waals surface area contributed by atoms with E-state index in [0.717, 1.165) is 5.69 Å². The second-order valence-electron chi connectivity index (χ2n) is 4.47. The molecular formula is C13H11Cl2N5O. The predicted octanol–water partition coefficient (Wildman–Crippen LogP) is 3.01. The molecule has 0 fully saturated rings. The van der Waals surface area contributed by atoms with Crippen molar-refractivity contribution >= 4 is 23.2 Å². The number of nitrogens with two attached hydrogens (primary N) is 1. The van der Waals surface area contributed by atoms with Crippen LogP contribution < -0.4 is 5.73 Å². The van der Waals surface area contributed by atoms with E-state index in [2.05, 4.69) is 20.1 Å². The molecule has 3 rings (SSSR count). The molecule has 0 aliphatic rings. The van der Waals surface area contributed by atoms with Crippen LogP contribution in [0.5, 0.6) is 0 Å². The second kappa shape index (κ2) is 5.85. The third kappa shape index (κ3) is 3.07. The number of H-pyrrole nitrogens is 1. The Morgan fingerprint density at radius 1 is 1.29 bits per heavy atom. The van der Waals surface area contributed by atoms with Gasteiger partial charge < -0.3 is 15.2 Å². The Labute approximate surface area is 130 Å². The van der Waals surface area contributed by atoms with Crippen molar-refractivity contribution in [1.29, 1.82) is 0 Å². The lowest BCUT2D eigenvalue weighted by Crippen LogP contribution is -2.13. The van der Waals surface area contributed by atoms with Crippen LogP contribution >= 0.6 is 23.2 Å². The van der Waals surface area contributed by atoms with E-state index in [-0.39, 0.29) is 0 Å². The molecule has 0 saturated heterocycles. The Balaban J connectivity index is 1.80. The van der Waals surface area contributed by atoms with E-state index in [1.54, 1.807) is 30.7 Å². The van der Waals surface area contributed by atoms with Gasteiger partial charge in [-0.25, -0.2) is 4.98 Å². The summed E-state index contributed by atoms with van der Waals surface area (Å²) >= 11 is 11.9. The number of halogens is 2. The highest BCUT2D eigenvalue weighted by molar-refractivity contribution is 6.42. The molecule has 2 aromatic heterocycles. The largest absolute Gasteiger partial charge is 0.348 e. The normalized spacial score (nSPS) is 12.5. The summed E-state index contributed by atoms with van der Waals surface area (Å²) in [5, 5.41) is 4.82. The number of rotatable bonds is 4. The average molecular weight is 324 g/mol. The van der Waals surface area contributed by atoms with Gasteiger partial charge in [-0.2, -0.15) is 4.98 Å². The Kier molecular flexibility index (Phi) is 3.92. The van der Waals surface area contributed by atoms with Gasteiger partial charge in [0.15, 0.2) is 0 Å². The summed E-state index contributed by atoms with van der Waals surface area (Å²) in [5.41, 5.74) is 7.66. The molecule has 2 heterocycles. The first-order chi connectivity index (χ1) is 10.1. The molecule has 0 bridgehead atoms. The number of hydrogen-bond acceptors (Lipinski definition) is 5. The molecule has 21 heavy (non-hydrogen) atoms. The van der Waals surface area contributed by atoms with Crippen molar-refractivity contribution in [2.75, 3.05) is 0 Å². The maximum absolute atomic E-state index is 6.04. The summed E-state index contributed by atoms with van der Waals surface area (Å²) in [6.45, 7) is 0. The summed E-state index contributed by atoms with van der Waals surface area (Å²) in [7, 11) is 0. The van der Waals surface area contributed by atoms with Gasteiger partial charge in [0, 0.05) is 23.9 Å². The van der Waals surface area contributed by atoms with E-state index in [0.29, 0.717) is 33.7 Å². The molecule has 0 amide bonds. The molecular weight excluding hydrogens is 313 g/mol. The summed E-state index contributed by atoms with van der Waals surface area (Å²) in [4.78, 5) is 11.2. The third-order valence-electron chi connectivity index (χ3n) is 2.93. The van der Waals surface area contributed by atoms with Crippen LogP contribution in [0.4, 0.5) is 0 Å². The van der Waals surface area contributed by atoms with E-state index in [1.807, 2.05) is 0 Å². The van der Waals surface area contributed by atoms with Gasteiger partial charge in [-0.1, -0.05) is 28.4 Å². The van der Waals surface area contributed by atoms with E-state index < -0.39 is 6.04 Å². The van der Waals surface area contributed by atoms with Gasteiger partial charge in [0.05, 0.1) is 22.4 Å². The first-order valence-corrected chi connectivity index (χ1v) is 6.91. The van der Waals surface area contributed by atoms with Crippen LogP contribution in [0.25, 0.3) is 11.4 Å². The van der Waals surface area contributed by atoms with Gasteiger partial charge in [0.25, 0.3) is 0 Å². The van der Waals surface area contributed by atoms with E-state index >= 15 is 0 Å². The molecule has 0 aliphatic heterocycles. The van der Waals surface area contributed by atoms with Crippen LogP contribution in [-0.4, -0.2) is 20.1 Å². The van der Waals surface area contributed by atoms with E-state index in [4.69, 9.17) is 33.5 Å². The fourth-order valence-electron chi connectivity index (χ4n) is 1.86.